The molecule has 0 aliphatic carbocycles. The lowest BCUT2D eigenvalue weighted by Crippen LogP contribution is -2.58. The van der Waals surface area contributed by atoms with Crippen LogP contribution >= 0.6 is 0 Å². The Balaban J connectivity index is 0.000000194. The van der Waals surface area contributed by atoms with Gasteiger partial charge in [-0.1, -0.05) is 0 Å². The topological polar surface area (TPSA) is 183 Å². The summed E-state index contributed by atoms with van der Waals surface area (Å²) in [7, 11) is 3.53. The number of nitrogens with one attached hydrogen (secondary N) is 2. The monoisotopic (exact) mass is 708 g/mol. The van der Waals surface area contributed by atoms with Gasteiger partial charge in [-0.05, 0) is 67.2 Å². The van der Waals surface area contributed by atoms with E-state index >= 15 is 0 Å². The van der Waals surface area contributed by atoms with Crippen molar-refractivity contribution in [2.75, 3.05) is 53.4 Å². The first-order chi connectivity index (χ1) is 23.3. The third kappa shape index (κ3) is 8.45. The number of hydroxylamine groups is 2. The summed E-state index contributed by atoms with van der Waals surface area (Å²) in [4.78, 5) is 92.9. The third-order valence-corrected chi connectivity index (χ3v) is 9.56. The molecule has 6 aliphatic heterocycles. The molecule has 6 rings (SSSR count). The van der Waals surface area contributed by atoms with Gasteiger partial charge in [0.15, 0.2) is 0 Å². The molecule has 6 aliphatic rings. The second kappa shape index (κ2) is 14.3. The minimum Gasteiger partial charge on any atom is -0.444 e. The van der Waals surface area contributed by atoms with Crippen molar-refractivity contribution in [2.24, 2.45) is 0 Å². The molecular weight excluding hydrogens is 656 g/mol. The molecule has 0 radical (unpaired) electrons. The Hall–Kier alpha value is -4.06. The van der Waals surface area contributed by atoms with Crippen molar-refractivity contribution in [2.45, 2.75) is 115 Å². The summed E-state index contributed by atoms with van der Waals surface area (Å²) in [6.45, 7) is 13.5. The molecule has 0 unspecified atom stereocenters. The van der Waals surface area contributed by atoms with E-state index in [1.807, 2.05) is 41.5 Å². The van der Waals surface area contributed by atoms with Crippen LogP contribution in [-0.2, 0) is 28.7 Å². The number of likely N-dealkylation sites (N-methyl/N-ethyl adjacent to an activating group) is 2. The van der Waals surface area contributed by atoms with E-state index in [2.05, 4.69) is 11.0 Å². The molecule has 6 fully saturated rings. The summed E-state index contributed by atoms with van der Waals surface area (Å²) in [6.07, 6.45) is 1.59. The predicted octanol–water partition coefficient (Wildman–Crippen LogP) is 1.10. The van der Waals surface area contributed by atoms with Crippen molar-refractivity contribution in [1.82, 2.24) is 40.4 Å². The van der Waals surface area contributed by atoms with Gasteiger partial charge in [-0.2, -0.15) is 0 Å². The van der Waals surface area contributed by atoms with Crippen LogP contribution in [0.4, 0.5) is 19.2 Å². The van der Waals surface area contributed by atoms with Crippen LogP contribution in [0.2, 0.25) is 0 Å². The number of likely N-dealkylation sites (tertiary alicyclic amines) is 2. The SMILES string of the molecule is CN1C(=O)N2C[C@H]1CC[C@H]2C(=O)NOC1CN(C(=O)OC(C)(C)C)C1.CN1C(=O)N2C[C@H]1CC[C@H]2C(=O)NOC1CN(C(=O)OC(C)(C)C)C1. The largest absolute Gasteiger partial charge is 0.444 e. The van der Waals surface area contributed by atoms with E-state index in [9.17, 15) is 28.8 Å². The van der Waals surface area contributed by atoms with E-state index in [0.29, 0.717) is 52.1 Å². The van der Waals surface area contributed by atoms with Crippen LogP contribution < -0.4 is 11.0 Å². The van der Waals surface area contributed by atoms with E-state index in [1.165, 1.54) is 9.80 Å². The number of rotatable bonds is 6. The maximum Gasteiger partial charge on any atom is 0.410 e. The number of ether oxygens (including phenoxy) is 2. The van der Waals surface area contributed by atoms with Gasteiger partial charge in [0.25, 0.3) is 11.8 Å². The zero-order valence-electron chi connectivity index (χ0n) is 30.3. The molecule has 2 N–H and O–H groups in total. The normalized spacial score (nSPS) is 26.6. The third-order valence-electron chi connectivity index (χ3n) is 9.56. The standard InChI is InChI=1S/2C16H26N4O5/c2*1-16(2,3)24-15(23)19-8-11(9-19)25-17-13(21)12-6-5-10-7-20(12)14(22)18(10)4/h2*10-12H,5-9H2,1-4H3,(H,17,21)/t2*10-,12+/m11/s1. The molecule has 6 heterocycles. The number of amides is 8. The number of piperidine rings is 2. The molecule has 280 valence electrons. The van der Waals surface area contributed by atoms with Crippen LogP contribution in [0.25, 0.3) is 0 Å². The first-order valence-corrected chi connectivity index (χ1v) is 17.2. The number of carbonyl (C=O) groups is 6. The molecule has 6 saturated heterocycles. The van der Waals surface area contributed by atoms with E-state index in [4.69, 9.17) is 19.1 Å². The lowest BCUT2D eigenvalue weighted by Gasteiger charge is -2.39. The Morgan fingerprint density at radius 2 is 0.920 bits per heavy atom. The van der Waals surface area contributed by atoms with Crippen LogP contribution in [-0.4, -0.2) is 166 Å². The van der Waals surface area contributed by atoms with Crippen molar-refractivity contribution < 1.29 is 47.9 Å². The van der Waals surface area contributed by atoms with Gasteiger partial charge in [-0.3, -0.25) is 19.3 Å². The Labute approximate surface area is 292 Å². The Morgan fingerprint density at radius 1 is 0.580 bits per heavy atom. The van der Waals surface area contributed by atoms with Crippen LogP contribution in [0.15, 0.2) is 0 Å². The molecule has 4 bridgehead atoms. The van der Waals surface area contributed by atoms with Crippen molar-refractivity contribution in [3.8, 4) is 0 Å². The average molecular weight is 709 g/mol. The van der Waals surface area contributed by atoms with Crippen molar-refractivity contribution in [1.29, 1.82) is 0 Å². The second-order valence-corrected chi connectivity index (χ2v) is 15.8. The van der Waals surface area contributed by atoms with Gasteiger partial charge < -0.3 is 38.9 Å². The summed E-state index contributed by atoms with van der Waals surface area (Å²) in [6, 6.07) is -0.797. The van der Waals surface area contributed by atoms with Crippen LogP contribution in [0, 0.1) is 0 Å². The number of nitrogens with zero attached hydrogens (tertiary/aromatic N) is 6. The zero-order chi connectivity index (χ0) is 36.7. The Morgan fingerprint density at radius 3 is 1.24 bits per heavy atom. The number of hydrogen-bond acceptors (Lipinski definition) is 10. The van der Waals surface area contributed by atoms with E-state index < -0.39 is 23.3 Å². The van der Waals surface area contributed by atoms with Gasteiger partial charge in [0.2, 0.25) is 0 Å². The van der Waals surface area contributed by atoms with Gasteiger partial charge in [-0.15, -0.1) is 0 Å². The van der Waals surface area contributed by atoms with Crippen molar-refractivity contribution in [3.63, 3.8) is 0 Å². The van der Waals surface area contributed by atoms with Gasteiger partial charge in [0.1, 0.15) is 35.5 Å². The van der Waals surface area contributed by atoms with E-state index in [1.54, 1.807) is 33.7 Å². The highest BCUT2D eigenvalue weighted by Gasteiger charge is 2.47. The minimum absolute atomic E-state index is 0.109. The zero-order valence-corrected chi connectivity index (χ0v) is 30.3. The molecule has 50 heavy (non-hydrogen) atoms. The maximum absolute atomic E-state index is 12.3. The first kappa shape index (κ1) is 37.2. The van der Waals surface area contributed by atoms with E-state index in [0.717, 1.165) is 12.8 Å². The van der Waals surface area contributed by atoms with Crippen LogP contribution in [0.1, 0.15) is 67.2 Å². The predicted molar refractivity (Wildman–Crippen MR) is 175 cm³/mol. The fourth-order valence-corrected chi connectivity index (χ4v) is 6.62. The Bertz CT molecular complexity index is 1240. The summed E-state index contributed by atoms with van der Waals surface area (Å²) < 4.78 is 10.5. The van der Waals surface area contributed by atoms with Crippen molar-refractivity contribution >= 4 is 36.1 Å². The molecule has 0 spiro atoms. The smallest absolute Gasteiger partial charge is 0.410 e. The Kier molecular flexibility index (Phi) is 10.6. The molecule has 8 amide bonds. The molecule has 0 aromatic rings. The number of hydrogen-bond donors (Lipinski definition) is 2. The molecule has 0 saturated carbocycles. The number of urea groups is 2. The number of carbonyl (C=O) groups excluding carboxylic acids is 6. The minimum atomic E-state index is -0.536. The van der Waals surface area contributed by atoms with Gasteiger partial charge >= 0.3 is 24.2 Å². The number of fused-ring (bicyclic) bond motifs is 4. The molecule has 0 aromatic heterocycles. The second-order valence-electron chi connectivity index (χ2n) is 15.8. The summed E-state index contributed by atoms with van der Waals surface area (Å²) in [5.74, 6) is -0.615. The lowest BCUT2D eigenvalue weighted by atomic mass is 10.0. The average Bonchev–Trinajstić information content (AvgIpc) is 3.32. The van der Waals surface area contributed by atoms with Crippen LogP contribution in [0.3, 0.4) is 0 Å². The summed E-state index contributed by atoms with van der Waals surface area (Å²) >= 11 is 0. The molecule has 18 heteroatoms. The summed E-state index contributed by atoms with van der Waals surface area (Å²) in [5, 5.41) is 0. The quantitative estimate of drug-likeness (QED) is 0.379. The molecule has 4 atom stereocenters. The fourth-order valence-electron chi connectivity index (χ4n) is 6.62. The van der Waals surface area contributed by atoms with Crippen molar-refractivity contribution in [3.05, 3.63) is 0 Å². The highest BCUT2D eigenvalue weighted by atomic mass is 16.7. The van der Waals surface area contributed by atoms with Gasteiger partial charge in [0.05, 0.1) is 38.3 Å². The van der Waals surface area contributed by atoms with Gasteiger partial charge in [0, 0.05) is 27.2 Å². The van der Waals surface area contributed by atoms with E-state index in [-0.39, 0.29) is 60.4 Å². The van der Waals surface area contributed by atoms with Crippen LogP contribution in [0.5, 0.6) is 0 Å². The lowest BCUT2D eigenvalue weighted by molar-refractivity contribution is -0.153. The summed E-state index contributed by atoms with van der Waals surface area (Å²) in [5.41, 5.74) is 3.83. The molecule has 0 aromatic carbocycles. The van der Waals surface area contributed by atoms with Gasteiger partial charge in [-0.25, -0.2) is 30.1 Å². The highest BCUT2D eigenvalue weighted by molar-refractivity contribution is 5.89. The molecule has 18 nitrogen and oxygen atoms in total. The molecular formula is C32H52N8O10. The fraction of sp³-hybridized carbons (Fsp3) is 0.812. The maximum atomic E-state index is 12.3. The highest BCUT2D eigenvalue weighted by Crippen LogP contribution is 2.30. The first-order valence-electron chi connectivity index (χ1n) is 17.2.